The van der Waals surface area contributed by atoms with Crippen molar-refractivity contribution >= 4 is 28.9 Å². The van der Waals surface area contributed by atoms with Gasteiger partial charge in [-0.1, -0.05) is 23.7 Å². The largest absolute Gasteiger partial charge is 0.497 e. The number of nitrogens with one attached hydrogen (secondary N) is 2. The van der Waals surface area contributed by atoms with E-state index in [0.29, 0.717) is 17.1 Å². The summed E-state index contributed by atoms with van der Waals surface area (Å²) in [4.78, 5) is 16.5. The summed E-state index contributed by atoms with van der Waals surface area (Å²) in [5, 5.41) is 6.80. The van der Waals surface area contributed by atoms with Gasteiger partial charge < -0.3 is 15.4 Å². The molecule has 0 bridgehead atoms. The fourth-order valence-corrected chi connectivity index (χ4v) is 2.67. The van der Waals surface area contributed by atoms with Gasteiger partial charge in [-0.05, 0) is 54.4 Å². The van der Waals surface area contributed by atoms with Crippen LogP contribution in [0.4, 0.5) is 11.4 Å². The Bertz CT molecular complexity index is 896. The van der Waals surface area contributed by atoms with Crippen molar-refractivity contribution in [1.82, 2.24) is 10.3 Å². The molecule has 3 rings (SSSR count). The van der Waals surface area contributed by atoms with Gasteiger partial charge in [-0.2, -0.15) is 0 Å². The molecule has 27 heavy (non-hydrogen) atoms. The average molecular weight is 382 g/mol. The van der Waals surface area contributed by atoms with E-state index in [2.05, 4.69) is 15.6 Å². The number of ether oxygens (including phenoxy) is 1. The van der Waals surface area contributed by atoms with E-state index in [1.54, 1.807) is 37.7 Å². The summed E-state index contributed by atoms with van der Waals surface area (Å²) in [7, 11) is 1.64. The summed E-state index contributed by atoms with van der Waals surface area (Å²) in [5.74, 6) is 0.662. The Kier molecular flexibility index (Phi) is 6.28. The second-order valence-corrected chi connectivity index (χ2v) is 6.38. The minimum Gasteiger partial charge on any atom is -0.497 e. The Labute approximate surface area is 163 Å². The van der Waals surface area contributed by atoms with E-state index in [-0.39, 0.29) is 5.91 Å². The van der Waals surface area contributed by atoms with Crippen LogP contribution in [-0.4, -0.2) is 24.5 Å². The van der Waals surface area contributed by atoms with E-state index in [1.165, 1.54) is 0 Å². The van der Waals surface area contributed by atoms with Gasteiger partial charge >= 0.3 is 0 Å². The van der Waals surface area contributed by atoms with Crippen LogP contribution in [0.5, 0.6) is 5.75 Å². The van der Waals surface area contributed by atoms with Crippen molar-refractivity contribution < 1.29 is 9.53 Å². The lowest BCUT2D eigenvalue weighted by Crippen LogP contribution is -2.25. The van der Waals surface area contributed by atoms with Crippen LogP contribution in [0.1, 0.15) is 15.9 Å². The average Bonchev–Trinajstić information content (AvgIpc) is 2.70. The second kappa shape index (κ2) is 9.05. The number of hydrogen-bond acceptors (Lipinski definition) is 4. The zero-order valence-electron chi connectivity index (χ0n) is 14.9. The predicted octanol–water partition coefficient (Wildman–Crippen LogP) is 4.46. The Balaban J connectivity index is 1.55. The van der Waals surface area contributed by atoms with Gasteiger partial charge in [0.05, 0.1) is 24.6 Å². The minimum atomic E-state index is -0.157. The van der Waals surface area contributed by atoms with Crippen molar-refractivity contribution in [1.29, 1.82) is 0 Å². The molecule has 0 saturated heterocycles. The molecular weight excluding hydrogens is 362 g/mol. The molecule has 0 unspecified atom stereocenters. The maximum absolute atomic E-state index is 12.4. The number of hydrogen-bond donors (Lipinski definition) is 2. The molecular formula is C21H20ClN3O2. The quantitative estimate of drug-likeness (QED) is 0.634. The Hall–Kier alpha value is -3.05. The van der Waals surface area contributed by atoms with Crippen LogP contribution in [0, 0.1) is 0 Å². The van der Waals surface area contributed by atoms with Crippen molar-refractivity contribution in [2.75, 3.05) is 19.0 Å². The first-order valence-electron chi connectivity index (χ1n) is 8.53. The van der Waals surface area contributed by atoms with Crippen LogP contribution >= 0.6 is 11.6 Å². The molecule has 0 fully saturated rings. The number of carbonyl (C=O) groups excluding carboxylic acids is 1. The molecule has 0 aliphatic rings. The Morgan fingerprint density at radius 2 is 1.78 bits per heavy atom. The molecule has 0 spiro atoms. The lowest BCUT2D eigenvalue weighted by Gasteiger charge is -2.09. The lowest BCUT2D eigenvalue weighted by atomic mass is 10.1. The van der Waals surface area contributed by atoms with E-state index in [4.69, 9.17) is 16.3 Å². The van der Waals surface area contributed by atoms with Crippen LogP contribution in [0.15, 0.2) is 67.0 Å². The molecule has 1 amide bonds. The standard InChI is InChI=1S/C21H20ClN3O2/c1-27-20-8-2-15(3-9-20)10-11-24-21(26)16-12-19(14-23-13-16)25-18-6-4-17(22)5-7-18/h2-9,12-14,25H,10-11H2,1H3,(H,24,26). The number of halogens is 1. The number of amides is 1. The molecule has 5 nitrogen and oxygen atoms in total. The highest BCUT2D eigenvalue weighted by atomic mass is 35.5. The monoisotopic (exact) mass is 381 g/mol. The third-order valence-electron chi connectivity index (χ3n) is 3.99. The number of nitrogens with zero attached hydrogens (tertiary/aromatic N) is 1. The van der Waals surface area contributed by atoms with Crippen LogP contribution in [0.3, 0.4) is 0 Å². The van der Waals surface area contributed by atoms with Crippen molar-refractivity contribution in [3.05, 3.63) is 83.1 Å². The van der Waals surface area contributed by atoms with Crippen molar-refractivity contribution in [2.45, 2.75) is 6.42 Å². The molecule has 2 aromatic carbocycles. The number of carbonyl (C=O) groups is 1. The third kappa shape index (κ3) is 5.46. The van der Waals surface area contributed by atoms with E-state index in [1.807, 2.05) is 36.4 Å². The van der Waals surface area contributed by atoms with Crippen molar-refractivity contribution in [3.63, 3.8) is 0 Å². The topological polar surface area (TPSA) is 63.2 Å². The van der Waals surface area contributed by atoms with Gasteiger partial charge in [0.2, 0.25) is 0 Å². The number of methoxy groups -OCH3 is 1. The summed E-state index contributed by atoms with van der Waals surface area (Å²) in [6.45, 7) is 0.542. The zero-order chi connectivity index (χ0) is 19.1. The van der Waals surface area contributed by atoms with Crippen LogP contribution < -0.4 is 15.4 Å². The van der Waals surface area contributed by atoms with Gasteiger partial charge in [-0.3, -0.25) is 9.78 Å². The van der Waals surface area contributed by atoms with E-state index < -0.39 is 0 Å². The fourth-order valence-electron chi connectivity index (χ4n) is 2.55. The summed E-state index contributed by atoms with van der Waals surface area (Å²) in [6.07, 6.45) is 3.96. The molecule has 3 aromatic rings. The highest BCUT2D eigenvalue weighted by Gasteiger charge is 2.07. The van der Waals surface area contributed by atoms with Gasteiger partial charge in [-0.15, -0.1) is 0 Å². The maximum Gasteiger partial charge on any atom is 0.252 e. The van der Waals surface area contributed by atoms with Crippen LogP contribution in [0.25, 0.3) is 0 Å². The van der Waals surface area contributed by atoms with E-state index >= 15 is 0 Å². The van der Waals surface area contributed by atoms with Gasteiger partial charge in [0.1, 0.15) is 5.75 Å². The molecule has 1 aromatic heterocycles. The molecule has 0 aliphatic heterocycles. The predicted molar refractivity (Wildman–Crippen MR) is 108 cm³/mol. The summed E-state index contributed by atoms with van der Waals surface area (Å²) < 4.78 is 5.14. The summed E-state index contributed by atoms with van der Waals surface area (Å²) in [6, 6.07) is 16.9. The summed E-state index contributed by atoms with van der Waals surface area (Å²) in [5.41, 5.74) is 3.24. The molecule has 0 aliphatic carbocycles. The van der Waals surface area contributed by atoms with Gasteiger partial charge in [0.15, 0.2) is 0 Å². The van der Waals surface area contributed by atoms with E-state index in [9.17, 15) is 4.79 Å². The minimum absolute atomic E-state index is 0.157. The van der Waals surface area contributed by atoms with Gasteiger partial charge in [0, 0.05) is 23.5 Å². The van der Waals surface area contributed by atoms with E-state index in [0.717, 1.165) is 29.1 Å². The molecule has 2 N–H and O–H groups in total. The third-order valence-corrected chi connectivity index (χ3v) is 4.24. The van der Waals surface area contributed by atoms with Gasteiger partial charge in [-0.25, -0.2) is 0 Å². The maximum atomic E-state index is 12.4. The molecule has 138 valence electrons. The van der Waals surface area contributed by atoms with Gasteiger partial charge in [0.25, 0.3) is 5.91 Å². The molecule has 0 saturated carbocycles. The molecule has 0 atom stereocenters. The van der Waals surface area contributed by atoms with Crippen LogP contribution in [0.2, 0.25) is 5.02 Å². The number of aromatic nitrogens is 1. The Morgan fingerprint density at radius 1 is 1.04 bits per heavy atom. The molecule has 0 radical (unpaired) electrons. The highest BCUT2D eigenvalue weighted by molar-refractivity contribution is 6.30. The first kappa shape index (κ1) is 18.7. The summed E-state index contributed by atoms with van der Waals surface area (Å²) >= 11 is 5.89. The zero-order valence-corrected chi connectivity index (χ0v) is 15.7. The lowest BCUT2D eigenvalue weighted by molar-refractivity contribution is 0.0954. The normalized spacial score (nSPS) is 10.3. The van der Waals surface area contributed by atoms with Crippen LogP contribution in [-0.2, 0) is 6.42 Å². The first-order valence-corrected chi connectivity index (χ1v) is 8.90. The smallest absolute Gasteiger partial charge is 0.252 e. The molecule has 6 heteroatoms. The first-order chi connectivity index (χ1) is 13.1. The molecule has 1 heterocycles. The number of benzene rings is 2. The van der Waals surface area contributed by atoms with Crippen molar-refractivity contribution in [3.8, 4) is 5.75 Å². The number of anilines is 2. The fraction of sp³-hybridized carbons (Fsp3) is 0.143. The number of rotatable bonds is 7. The Morgan fingerprint density at radius 3 is 2.48 bits per heavy atom. The SMILES string of the molecule is COc1ccc(CCNC(=O)c2cncc(Nc3ccc(Cl)cc3)c2)cc1. The van der Waals surface area contributed by atoms with Crippen molar-refractivity contribution in [2.24, 2.45) is 0 Å². The number of pyridine rings is 1. The highest BCUT2D eigenvalue weighted by Crippen LogP contribution is 2.19. The second-order valence-electron chi connectivity index (χ2n) is 5.95.